The number of nitrogens with zero attached hydrogens (tertiary/aromatic N) is 4. The van der Waals surface area contributed by atoms with Gasteiger partial charge in [-0.25, -0.2) is 4.68 Å². The van der Waals surface area contributed by atoms with Crippen molar-refractivity contribution >= 4 is 40.1 Å². The van der Waals surface area contributed by atoms with Gasteiger partial charge in [0.2, 0.25) is 5.91 Å². The van der Waals surface area contributed by atoms with E-state index < -0.39 is 0 Å². The van der Waals surface area contributed by atoms with E-state index in [1.165, 1.54) is 0 Å². The summed E-state index contributed by atoms with van der Waals surface area (Å²) in [5, 5.41) is 8.97. The standard InChI is InChI=1S/C18H18Cl2N4O/c1-23-16-4-2-3-14(18(16)21-22-23)12-24(17(25)11-19)10-9-13-5-7-15(20)8-6-13/h2-8H,9-12H2,1H3. The van der Waals surface area contributed by atoms with Gasteiger partial charge >= 0.3 is 0 Å². The van der Waals surface area contributed by atoms with Crippen LogP contribution in [0, 0.1) is 0 Å². The van der Waals surface area contributed by atoms with Gasteiger partial charge in [0.05, 0.1) is 5.52 Å². The Morgan fingerprint density at radius 2 is 1.96 bits per heavy atom. The molecule has 1 amide bonds. The van der Waals surface area contributed by atoms with Crippen molar-refractivity contribution in [2.45, 2.75) is 13.0 Å². The Balaban J connectivity index is 1.78. The number of carbonyl (C=O) groups is 1. The fraction of sp³-hybridized carbons (Fsp3) is 0.278. The average molecular weight is 377 g/mol. The Morgan fingerprint density at radius 3 is 2.68 bits per heavy atom. The first kappa shape index (κ1) is 17.7. The third-order valence-corrected chi connectivity index (χ3v) is 4.62. The van der Waals surface area contributed by atoms with E-state index in [1.54, 1.807) is 9.58 Å². The van der Waals surface area contributed by atoms with Gasteiger partial charge in [-0.05, 0) is 30.2 Å². The van der Waals surface area contributed by atoms with E-state index in [2.05, 4.69) is 10.3 Å². The summed E-state index contributed by atoms with van der Waals surface area (Å²) < 4.78 is 1.72. The summed E-state index contributed by atoms with van der Waals surface area (Å²) in [6, 6.07) is 13.5. The molecule has 0 radical (unpaired) electrons. The molecule has 0 saturated carbocycles. The molecule has 7 heteroatoms. The molecule has 2 aromatic carbocycles. The monoisotopic (exact) mass is 376 g/mol. The molecular formula is C18H18Cl2N4O. The number of aryl methyl sites for hydroxylation is 1. The molecule has 3 rings (SSSR count). The van der Waals surface area contributed by atoms with E-state index in [0.29, 0.717) is 18.1 Å². The molecule has 0 N–H and O–H groups in total. The number of fused-ring (bicyclic) bond motifs is 1. The van der Waals surface area contributed by atoms with E-state index in [1.807, 2.05) is 49.5 Å². The van der Waals surface area contributed by atoms with Crippen LogP contribution in [0.5, 0.6) is 0 Å². The second kappa shape index (κ2) is 7.85. The normalized spacial score (nSPS) is 11.0. The van der Waals surface area contributed by atoms with Crippen molar-refractivity contribution in [1.82, 2.24) is 19.9 Å². The first-order valence-electron chi connectivity index (χ1n) is 7.94. The summed E-state index contributed by atoms with van der Waals surface area (Å²) in [5.74, 6) is -0.145. The molecule has 0 aliphatic heterocycles. The number of alkyl halides is 1. The summed E-state index contributed by atoms with van der Waals surface area (Å²) in [7, 11) is 1.85. The van der Waals surface area contributed by atoms with Crippen molar-refractivity contribution in [2.75, 3.05) is 12.4 Å². The van der Waals surface area contributed by atoms with Gasteiger partial charge in [-0.2, -0.15) is 0 Å². The topological polar surface area (TPSA) is 51.0 Å². The van der Waals surface area contributed by atoms with Crippen LogP contribution in [0.25, 0.3) is 11.0 Å². The Morgan fingerprint density at radius 1 is 1.20 bits per heavy atom. The van der Waals surface area contributed by atoms with Crippen molar-refractivity contribution in [3.8, 4) is 0 Å². The lowest BCUT2D eigenvalue weighted by Crippen LogP contribution is -2.33. The summed E-state index contributed by atoms with van der Waals surface area (Å²) >= 11 is 11.7. The Hall–Kier alpha value is -2.11. The van der Waals surface area contributed by atoms with Crippen LogP contribution in [-0.4, -0.2) is 38.2 Å². The van der Waals surface area contributed by atoms with Gasteiger partial charge in [0.25, 0.3) is 0 Å². The minimum absolute atomic E-state index is 0.0446. The Labute approximate surface area is 156 Å². The van der Waals surface area contributed by atoms with Crippen LogP contribution in [0.2, 0.25) is 5.02 Å². The molecule has 0 spiro atoms. The zero-order chi connectivity index (χ0) is 17.8. The summed E-state index contributed by atoms with van der Waals surface area (Å²) in [6.45, 7) is 1.03. The van der Waals surface area contributed by atoms with Crippen LogP contribution < -0.4 is 0 Å². The third kappa shape index (κ3) is 4.11. The number of hydrogen-bond acceptors (Lipinski definition) is 3. The second-order valence-corrected chi connectivity index (χ2v) is 6.53. The molecule has 5 nitrogen and oxygen atoms in total. The maximum Gasteiger partial charge on any atom is 0.237 e. The number of amides is 1. The van der Waals surface area contributed by atoms with Gasteiger partial charge in [-0.1, -0.05) is 41.1 Å². The van der Waals surface area contributed by atoms with E-state index in [9.17, 15) is 4.79 Å². The highest BCUT2D eigenvalue weighted by Gasteiger charge is 2.16. The fourth-order valence-corrected chi connectivity index (χ4v) is 3.03. The van der Waals surface area contributed by atoms with Crippen LogP contribution in [-0.2, 0) is 24.8 Å². The van der Waals surface area contributed by atoms with Gasteiger partial charge in [-0.3, -0.25) is 4.79 Å². The molecule has 0 aliphatic rings. The van der Waals surface area contributed by atoms with Gasteiger partial charge in [0, 0.05) is 30.7 Å². The minimum atomic E-state index is -0.100. The summed E-state index contributed by atoms with van der Waals surface area (Å²) in [5.41, 5.74) is 3.83. The Bertz CT molecular complexity index is 876. The molecule has 0 saturated heterocycles. The first-order valence-corrected chi connectivity index (χ1v) is 8.85. The molecule has 0 fully saturated rings. The SMILES string of the molecule is Cn1nnc2c(CN(CCc3ccc(Cl)cc3)C(=O)CCl)cccc21. The molecule has 25 heavy (non-hydrogen) atoms. The third-order valence-electron chi connectivity index (χ3n) is 4.14. The fourth-order valence-electron chi connectivity index (χ4n) is 2.74. The van der Waals surface area contributed by atoms with Crippen molar-refractivity contribution in [2.24, 2.45) is 7.05 Å². The molecule has 3 aromatic rings. The molecule has 0 atom stereocenters. The van der Waals surface area contributed by atoms with Gasteiger partial charge in [0.1, 0.15) is 11.4 Å². The largest absolute Gasteiger partial charge is 0.337 e. The van der Waals surface area contributed by atoms with Crippen LogP contribution in [0.1, 0.15) is 11.1 Å². The maximum absolute atomic E-state index is 12.3. The smallest absolute Gasteiger partial charge is 0.237 e. The highest BCUT2D eigenvalue weighted by Crippen LogP contribution is 2.18. The zero-order valence-corrected chi connectivity index (χ0v) is 15.3. The molecule has 1 heterocycles. The number of rotatable bonds is 6. The second-order valence-electron chi connectivity index (χ2n) is 5.82. The zero-order valence-electron chi connectivity index (χ0n) is 13.8. The van der Waals surface area contributed by atoms with Gasteiger partial charge in [-0.15, -0.1) is 16.7 Å². The lowest BCUT2D eigenvalue weighted by Gasteiger charge is -2.22. The summed E-state index contributed by atoms with van der Waals surface area (Å²) in [6.07, 6.45) is 0.732. The van der Waals surface area contributed by atoms with Crippen molar-refractivity contribution < 1.29 is 4.79 Å². The molecular weight excluding hydrogens is 359 g/mol. The number of hydrogen-bond donors (Lipinski definition) is 0. The number of aromatic nitrogens is 3. The molecule has 1 aromatic heterocycles. The maximum atomic E-state index is 12.3. The molecule has 0 unspecified atom stereocenters. The number of halogens is 2. The van der Waals surface area contributed by atoms with E-state index in [4.69, 9.17) is 23.2 Å². The first-order chi connectivity index (χ1) is 12.1. The highest BCUT2D eigenvalue weighted by molar-refractivity contribution is 6.30. The molecule has 130 valence electrons. The number of benzene rings is 2. The van der Waals surface area contributed by atoms with Gasteiger partial charge in [0.15, 0.2) is 0 Å². The number of carbonyl (C=O) groups excluding carboxylic acids is 1. The molecule has 0 aliphatic carbocycles. The van der Waals surface area contributed by atoms with E-state index in [0.717, 1.165) is 28.6 Å². The van der Waals surface area contributed by atoms with Crippen LogP contribution in [0.15, 0.2) is 42.5 Å². The Kier molecular flexibility index (Phi) is 5.56. The van der Waals surface area contributed by atoms with Gasteiger partial charge < -0.3 is 4.90 Å². The highest BCUT2D eigenvalue weighted by atomic mass is 35.5. The quantitative estimate of drug-likeness (QED) is 0.619. The average Bonchev–Trinajstić information content (AvgIpc) is 3.01. The van der Waals surface area contributed by atoms with Crippen LogP contribution in [0.4, 0.5) is 0 Å². The van der Waals surface area contributed by atoms with Crippen LogP contribution >= 0.6 is 23.2 Å². The van der Waals surface area contributed by atoms with Crippen molar-refractivity contribution in [3.05, 3.63) is 58.6 Å². The lowest BCUT2D eigenvalue weighted by molar-refractivity contribution is -0.129. The van der Waals surface area contributed by atoms with E-state index in [-0.39, 0.29) is 11.8 Å². The predicted molar refractivity (Wildman–Crippen MR) is 99.8 cm³/mol. The van der Waals surface area contributed by atoms with E-state index >= 15 is 0 Å². The van der Waals surface area contributed by atoms with Crippen molar-refractivity contribution in [3.63, 3.8) is 0 Å². The minimum Gasteiger partial charge on any atom is -0.337 e. The lowest BCUT2D eigenvalue weighted by atomic mass is 10.1. The predicted octanol–water partition coefficient (Wildman–Crippen LogP) is 3.43. The molecule has 0 bridgehead atoms. The summed E-state index contributed by atoms with van der Waals surface area (Å²) in [4.78, 5) is 14.0. The van der Waals surface area contributed by atoms with Crippen LogP contribution in [0.3, 0.4) is 0 Å². The van der Waals surface area contributed by atoms with Crippen molar-refractivity contribution in [1.29, 1.82) is 0 Å².